The van der Waals surface area contributed by atoms with Crippen molar-refractivity contribution in [3.8, 4) is 0 Å². The summed E-state index contributed by atoms with van der Waals surface area (Å²) in [5, 5.41) is 6.20. The zero-order chi connectivity index (χ0) is 13.0. The highest BCUT2D eigenvalue weighted by Gasteiger charge is 2.10. The van der Waals surface area contributed by atoms with Crippen LogP contribution in [0, 0.1) is 0 Å². The Balaban J connectivity index is 0.00000180. The molecule has 2 aromatic heterocycles. The van der Waals surface area contributed by atoms with Gasteiger partial charge in [-0.1, -0.05) is 6.92 Å². The number of amides is 1. The summed E-state index contributed by atoms with van der Waals surface area (Å²) in [5.74, 6) is -0.181. The summed E-state index contributed by atoms with van der Waals surface area (Å²) in [4.78, 5) is 21.4. The molecule has 112 valence electrons. The molecular formula is C11H16Cl2N4OS2. The van der Waals surface area contributed by atoms with Crippen LogP contribution in [-0.2, 0) is 19.5 Å². The van der Waals surface area contributed by atoms with Gasteiger partial charge in [0.25, 0.3) is 5.91 Å². The molecule has 0 spiro atoms. The van der Waals surface area contributed by atoms with Crippen molar-refractivity contribution in [1.29, 1.82) is 0 Å². The second-order valence-electron chi connectivity index (χ2n) is 3.59. The average Bonchev–Trinajstić information content (AvgIpc) is 3.04. The van der Waals surface area contributed by atoms with Gasteiger partial charge in [-0.25, -0.2) is 9.97 Å². The first-order valence-electron chi connectivity index (χ1n) is 5.59. The van der Waals surface area contributed by atoms with Crippen LogP contribution < -0.4 is 11.1 Å². The number of carbonyl (C=O) groups is 1. The lowest BCUT2D eigenvalue weighted by Crippen LogP contribution is -2.23. The summed E-state index contributed by atoms with van der Waals surface area (Å²) < 4.78 is 0. The summed E-state index contributed by atoms with van der Waals surface area (Å²) in [6.45, 7) is 2.89. The van der Waals surface area contributed by atoms with Crippen molar-refractivity contribution in [2.24, 2.45) is 5.73 Å². The molecule has 0 aliphatic rings. The van der Waals surface area contributed by atoms with Crippen LogP contribution in [0.2, 0.25) is 0 Å². The zero-order valence-corrected chi connectivity index (χ0v) is 14.1. The lowest BCUT2D eigenvalue weighted by atomic mass is 10.4. The van der Waals surface area contributed by atoms with Gasteiger partial charge < -0.3 is 11.1 Å². The molecular weight excluding hydrogens is 339 g/mol. The van der Waals surface area contributed by atoms with Gasteiger partial charge >= 0.3 is 0 Å². The van der Waals surface area contributed by atoms with E-state index in [0.717, 1.165) is 16.4 Å². The monoisotopic (exact) mass is 354 g/mol. The Hall–Kier alpha value is -0.730. The molecule has 0 aliphatic carbocycles. The van der Waals surface area contributed by atoms with Gasteiger partial charge in [0.05, 0.1) is 6.54 Å². The van der Waals surface area contributed by atoms with E-state index in [9.17, 15) is 4.79 Å². The van der Waals surface area contributed by atoms with E-state index in [1.54, 1.807) is 16.7 Å². The molecule has 0 unspecified atom stereocenters. The van der Waals surface area contributed by atoms with Gasteiger partial charge in [0.15, 0.2) is 0 Å². The quantitative estimate of drug-likeness (QED) is 0.863. The second-order valence-corrected chi connectivity index (χ2v) is 5.73. The summed E-state index contributed by atoms with van der Waals surface area (Å²) in [7, 11) is 0. The van der Waals surface area contributed by atoms with Crippen molar-refractivity contribution < 1.29 is 4.79 Å². The molecule has 0 saturated carbocycles. The molecule has 0 bridgehead atoms. The molecule has 1 amide bonds. The van der Waals surface area contributed by atoms with E-state index in [1.807, 2.05) is 6.20 Å². The van der Waals surface area contributed by atoms with Crippen LogP contribution in [0.15, 0.2) is 11.6 Å². The van der Waals surface area contributed by atoms with E-state index in [0.29, 0.717) is 18.8 Å². The lowest BCUT2D eigenvalue weighted by molar-refractivity contribution is 0.0946. The van der Waals surface area contributed by atoms with E-state index in [2.05, 4.69) is 22.2 Å². The molecule has 0 aromatic carbocycles. The Bertz CT molecular complexity index is 544. The van der Waals surface area contributed by atoms with Crippen LogP contribution >= 0.6 is 47.5 Å². The predicted molar refractivity (Wildman–Crippen MR) is 87.2 cm³/mol. The van der Waals surface area contributed by atoms with Gasteiger partial charge in [0.2, 0.25) is 0 Å². The van der Waals surface area contributed by atoms with Crippen molar-refractivity contribution in [1.82, 2.24) is 15.3 Å². The second kappa shape index (κ2) is 9.25. The van der Waals surface area contributed by atoms with E-state index in [-0.39, 0.29) is 30.7 Å². The average molecular weight is 355 g/mol. The molecule has 0 radical (unpaired) electrons. The number of nitrogens with one attached hydrogen (secondary N) is 1. The zero-order valence-electron chi connectivity index (χ0n) is 10.8. The van der Waals surface area contributed by atoms with Crippen molar-refractivity contribution in [3.05, 3.63) is 32.2 Å². The number of nitrogens with zero attached hydrogens (tertiary/aromatic N) is 2. The molecule has 5 nitrogen and oxygen atoms in total. The first-order chi connectivity index (χ1) is 8.72. The van der Waals surface area contributed by atoms with Gasteiger partial charge in [-0.2, -0.15) is 0 Å². The number of rotatable bonds is 5. The molecule has 0 aliphatic heterocycles. The maximum Gasteiger partial charge on any atom is 0.271 e. The van der Waals surface area contributed by atoms with Gasteiger partial charge in [-0.3, -0.25) is 4.79 Å². The number of carbonyl (C=O) groups excluding carboxylic acids is 1. The molecule has 9 heteroatoms. The van der Waals surface area contributed by atoms with Crippen molar-refractivity contribution >= 4 is 53.4 Å². The van der Waals surface area contributed by atoms with E-state index in [1.165, 1.54) is 16.2 Å². The van der Waals surface area contributed by atoms with Crippen LogP contribution in [0.3, 0.4) is 0 Å². The SMILES string of the molecule is CCc1cnc(CNC(=O)c2csc(CN)n2)s1.Cl.Cl. The highest BCUT2D eigenvalue weighted by Crippen LogP contribution is 2.13. The lowest BCUT2D eigenvalue weighted by Gasteiger charge is -1.99. The topological polar surface area (TPSA) is 80.9 Å². The minimum Gasteiger partial charge on any atom is -0.344 e. The summed E-state index contributed by atoms with van der Waals surface area (Å²) >= 11 is 3.01. The van der Waals surface area contributed by atoms with Gasteiger partial charge in [-0.05, 0) is 6.42 Å². The summed E-state index contributed by atoms with van der Waals surface area (Å²) in [5.41, 5.74) is 5.88. The number of halogens is 2. The molecule has 0 atom stereocenters. The first kappa shape index (κ1) is 19.3. The van der Waals surface area contributed by atoms with Crippen LogP contribution in [0.1, 0.15) is 32.3 Å². The normalized spacial score (nSPS) is 9.50. The fourth-order valence-electron chi connectivity index (χ4n) is 1.35. The molecule has 2 aromatic rings. The molecule has 20 heavy (non-hydrogen) atoms. The van der Waals surface area contributed by atoms with Crippen molar-refractivity contribution in [3.63, 3.8) is 0 Å². The minimum absolute atomic E-state index is 0. The Morgan fingerprint density at radius 1 is 1.40 bits per heavy atom. The number of nitrogens with two attached hydrogens (primary N) is 1. The third kappa shape index (κ3) is 4.99. The van der Waals surface area contributed by atoms with E-state index in [4.69, 9.17) is 5.73 Å². The molecule has 2 rings (SSSR count). The van der Waals surface area contributed by atoms with E-state index < -0.39 is 0 Å². The number of thiazole rings is 2. The molecule has 2 heterocycles. The van der Waals surface area contributed by atoms with Crippen LogP contribution in [0.5, 0.6) is 0 Å². The highest BCUT2D eigenvalue weighted by molar-refractivity contribution is 7.11. The summed E-state index contributed by atoms with van der Waals surface area (Å²) in [6.07, 6.45) is 2.82. The van der Waals surface area contributed by atoms with Gasteiger partial charge in [-0.15, -0.1) is 47.5 Å². The standard InChI is InChI=1S/C11H14N4OS2.2ClH/c1-2-7-4-13-10(18-7)5-14-11(16)8-6-17-9(3-12)15-8;;/h4,6H,2-3,5,12H2,1H3,(H,14,16);2*1H. The largest absolute Gasteiger partial charge is 0.344 e. The molecule has 0 fully saturated rings. The first-order valence-corrected chi connectivity index (χ1v) is 7.28. The Labute approximate surface area is 137 Å². The van der Waals surface area contributed by atoms with Crippen molar-refractivity contribution in [2.45, 2.75) is 26.4 Å². The van der Waals surface area contributed by atoms with Gasteiger partial charge in [0, 0.05) is 23.0 Å². The predicted octanol–water partition coefficient (Wildman–Crippen LogP) is 2.39. The van der Waals surface area contributed by atoms with Crippen LogP contribution in [0.25, 0.3) is 0 Å². The number of aryl methyl sites for hydroxylation is 1. The minimum atomic E-state index is -0.181. The van der Waals surface area contributed by atoms with Crippen molar-refractivity contribution in [2.75, 3.05) is 0 Å². The molecule has 0 saturated heterocycles. The maximum absolute atomic E-state index is 11.8. The fraction of sp³-hybridized carbons (Fsp3) is 0.364. The maximum atomic E-state index is 11.8. The number of aromatic nitrogens is 2. The Morgan fingerprint density at radius 2 is 2.15 bits per heavy atom. The third-order valence-electron chi connectivity index (χ3n) is 2.31. The van der Waals surface area contributed by atoms with E-state index >= 15 is 0 Å². The van der Waals surface area contributed by atoms with Crippen LogP contribution in [-0.4, -0.2) is 15.9 Å². The van der Waals surface area contributed by atoms with Crippen LogP contribution in [0.4, 0.5) is 0 Å². The Kier molecular flexibility index (Phi) is 8.91. The third-order valence-corrected chi connectivity index (χ3v) is 4.32. The molecule has 3 N–H and O–H groups in total. The summed E-state index contributed by atoms with van der Waals surface area (Å²) in [6, 6.07) is 0. The van der Waals surface area contributed by atoms with Gasteiger partial charge in [0.1, 0.15) is 15.7 Å². The fourth-order valence-corrected chi connectivity index (χ4v) is 2.81. The number of hydrogen-bond acceptors (Lipinski definition) is 6. The highest BCUT2D eigenvalue weighted by atomic mass is 35.5. The smallest absolute Gasteiger partial charge is 0.271 e. The Morgan fingerprint density at radius 3 is 2.70 bits per heavy atom. The number of hydrogen-bond donors (Lipinski definition) is 2.